The number of esters is 1. The molecule has 1 aromatic rings. The fourth-order valence-electron chi connectivity index (χ4n) is 4.40. The van der Waals surface area contributed by atoms with Crippen LogP contribution in [0.5, 0.6) is 0 Å². The van der Waals surface area contributed by atoms with E-state index in [1.807, 2.05) is 12.1 Å². The van der Waals surface area contributed by atoms with Gasteiger partial charge in [0.15, 0.2) is 5.78 Å². The fraction of sp³-hybridized carbons (Fsp3) is 0.500. The number of rotatable bonds is 2. The topological polar surface area (TPSA) is 55.4 Å². The van der Waals surface area contributed by atoms with Crippen LogP contribution < -0.4 is 5.32 Å². The van der Waals surface area contributed by atoms with Gasteiger partial charge in [-0.3, -0.25) is 9.59 Å². The van der Waals surface area contributed by atoms with Crippen molar-refractivity contribution in [2.75, 3.05) is 7.11 Å². The zero-order valence-electron chi connectivity index (χ0n) is 17.8. The second-order valence-electron chi connectivity index (χ2n) is 9.83. The van der Waals surface area contributed by atoms with Crippen LogP contribution in [0.2, 0.25) is 0 Å². The number of ether oxygens (including phenoxy) is 1. The molecule has 4 nitrogen and oxygen atoms in total. The van der Waals surface area contributed by atoms with Gasteiger partial charge < -0.3 is 10.1 Å². The summed E-state index contributed by atoms with van der Waals surface area (Å²) in [6, 6.07) is 8.26. The Morgan fingerprint density at radius 3 is 2.32 bits per heavy atom. The molecule has 0 spiro atoms. The van der Waals surface area contributed by atoms with Gasteiger partial charge in [0.25, 0.3) is 0 Å². The van der Waals surface area contributed by atoms with Crippen LogP contribution in [0.4, 0.5) is 0 Å². The first kappa shape index (κ1) is 20.4. The highest BCUT2D eigenvalue weighted by molar-refractivity contribution is 6.00. The zero-order chi connectivity index (χ0) is 20.9. The van der Waals surface area contributed by atoms with Gasteiger partial charge >= 0.3 is 5.97 Å². The number of carbonyl (C=O) groups excluding carboxylic acids is 2. The molecule has 28 heavy (non-hydrogen) atoms. The van der Waals surface area contributed by atoms with E-state index in [1.54, 1.807) is 0 Å². The molecule has 1 aromatic carbocycles. The molecular formula is C24H31NO3. The lowest BCUT2D eigenvalue weighted by atomic mass is 9.66. The van der Waals surface area contributed by atoms with Crippen LogP contribution in [-0.4, -0.2) is 18.9 Å². The average molecular weight is 382 g/mol. The van der Waals surface area contributed by atoms with Crippen molar-refractivity contribution in [1.82, 2.24) is 5.32 Å². The standard InChI is InChI=1S/C24H31NO3/c1-14-19(22(27)28-7)20(15-8-10-16(11-9-15)23(2,3)4)21-17(25-14)12-24(5,6)13-18(21)26/h8-11,19-20,25H,1,12-13H2,2-7H3. The Hall–Kier alpha value is -2.36. The van der Waals surface area contributed by atoms with Gasteiger partial charge in [0.05, 0.1) is 7.11 Å². The third-order valence-electron chi connectivity index (χ3n) is 5.84. The molecule has 1 aliphatic heterocycles. The maximum atomic E-state index is 13.1. The molecule has 1 N–H and O–H groups in total. The van der Waals surface area contributed by atoms with Crippen LogP contribution >= 0.6 is 0 Å². The molecule has 2 atom stereocenters. The van der Waals surface area contributed by atoms with Gasteiger partial charge in [-0.1, -0.05) is 65.5 Å². The lowest BCUT2D eigenvalue weighted by Crippen LogP contribution is -2.43. The van der Waals surface area contributed by atoms with Crippen LogP contribution in [-0.2, 0) is 19.7 Å². The highest BCUT2D eigenvalue weighted by Gasteiger charge is 2.46. The maximum absolute atomic E-state index is 13.1. The Labute approximate surface area is 168 Å². The summed E-state index contributed by atoms with van der Waals surface area (Å²) in [6.07, 6.45) is 1.24. The van der Waals surface area contributed by atoms with Crippen molar-refractivity contribution in [1.29, 1.82) is 0 Å². The summed E-state index contributed by atoms with van der Waals surface area (Å²) in [6.45, 7) is 14.8. The number of hydrogen-bond acceptors (Lipinski definition) is 4. The summed E-state index contributed by atoms with van der Waals surface area (Å²) in [5.74, 6) is -1.25. The van der Waals surface area contributed by atoms with E-state index in [9.17, 15) is 9.59 Å². The molecule has 0 saturated heterocycles. The molecule has 1 aliphatic carbocycles. The van der Waals surface area contributed by atoms with Crippen molar-refractivity contribution in [2.45, 2.75) is 58.8 Å². The first-order chi connectivity index (χ1) is 12.9. The summed E-state index contributed by atoms with van der Waals surface area (Å²) < 4.78 is 5.07. The van der Waals surface area contributed by atoms with Gasteiger partial charge in [-0.2, -0.15) is 0 Å². The Morgan fingerprint density at radius 1 is 1.18 bits per heavy atom. The van der Waals surface area contributed by atoms with Gasteiger partial charge in [-0.25, -0.2) is 0 Å². The van der Waals surface area contributed by atoms with E-state index < -0.39 is 5.92 Å². The molecule has 0 fully saturated rings. The van der Waals surface area contributed by atoms with E-state index in [4.69, 9.17) is 4.74 Å². The molecular weight excluding hydrogens is 350 g/mol. The largest absolute Gasteiger partial charge is 0.468 e. The van der Waals surface area contributed by atoms with Gasteiger partial charge in [0.2, 0.25) is 0 Å². The number of carbonyl (C=O) groups is 2. The molecule has 2 aliphatic rings. The number of methoxy groups -OCH3 is 1. The van der Waals surface area contributed by atoms with Gasteiger partial charge in [0, 0.05) is 29.3 Å². The minimum absolute atomic E-state index is 0.0348. The summed E-state index contributed by atoms with van der Waals surface area (Å²) in [7, 11) is 1.38. The first-order valence-corrected chi connectivity index (χ1v) is 9.85. The maximum Gasteiger partial charge on any atom is 0.315 e. The molecule has 0 bridgehead atoms. The van der Waals surface area contributed by atoms with Crippen molar-refractivity contribution in [3.05, 3.63) is 58.9 Å². The Balaban J connectivity index is 2.15. The molecule has 0 aromatic heterocycles. The summed E-state index contributed by atoms with van der Waals surface area (Å²) in [5.41, 5.74) is 4.30. The van der Waals surface area contributed by atoms with Gasteiger partial charge in [-0.15, -0.1) is 0 Å². The van der Waals surface area contributed by atoms with E-state index in [0.717, 1.165) is 17.7 Å². The molecule has 0 saturated carbocycles. The molecule has 0 radical (unpaired) electrons. The normalized spacial score (nSPS) is 24.5. The Kier molecular flexibility index (Phi) is 5.03. The monoisotopic (exact) mass is 381 g/mol. The number of ketones is 1. The quantitative estimate of drug-likeness (QED) is 0.760. The molecule has 4 heteroatoms. The van der Waals surface area contributed by atoms with Crippen molar-refractivity contribution in [2.24, 2.45) is 11.3 Å². The Morgan fingerprint density at radius 2 is 1.79 bits per heavy atom. The molecule has 0 amide bonds. The molecule has 150 valence electrons. The summed E-state index contributed by atoms with van der Waals surface area (Å²) >= 11 is 0. The predicted molar refractivity (Wildman–Crippen MR) is 111 cm³/mol. The molecule has 3 rings (SSSR count). The van der Waals surface area contributed by atoms with Gasteiger partial charge in [0.1, 0.15) is 5.92 Å². The van der Waals surface area contributed by atoms with E-state index in [1.165, 1.54) is 12.7 Å². The SMILES string of the molecule is C=C1NC2=C(C(=O)CC(C)(C)C2)C(c2ccc(C(C)(C)C)cc2)C1C(=O)OC. The fourth-order valence-corrected chi connectivity index (χ4v) is 4.40. The summed E-state index contributed by atoms with van der Waals surface area (Å²) in [4.78, 5) is 25.8. The highest BCUT2D eigenvalue weighted by atomic mass is 16.5. The highest BCUT2D eigenvalue weighted by Crippen LogP contribution is 2.48. The van der Waals surface area contributed by atoms with E-state index in [-0.39, 0.29) is 28.5 Å². The Bertz CT molecular complexity index is 853. The van der Waals surface area contributed by atoms with Gasteiger partial charge in [-0.05, 0) is 28.4 Å². The van der Waals surface area contributed by atoms with Crippen LogP contribution in [0.25, 0.3) is 0 Å². The smallest absolute Gasteiger partial charge is 0.315 e. The predicted octanol–water partition coefficient (Wildman–Crippen LogP) is 4.62. The number of allylic oxidation sites excluding steroid dienone is 2. The lowest BCUT2D eigenvalue weighted by Gasteiger charge is -2.42. The van der Waals surface area contributed by atoms with Crippen molar-refractivity contribution in [3.8, 4) is 0 Å². The van der Waals surface area contributed by atoms with E-state index in [2.05, 4.69) is 58.6 Å². The van der Waals surface area contributed by atoms with Crippen molar-refractivity contribution in [3.63, 3.8) is 0 Å². The summed E-state index contributed by atoms with van der Waals surface area (Å²) in [5, 5.41) is 3.27. The second-order valence-corrected chi connectivity index (χ2v) is 9.83. The molecule has 1 heterocycles. The number of hydrogen-bond donors (Lipinski definition) is 1. The van der Waals surface area contributed by atoms with E-state index in [0.29, 0.717) is 17.7 Å². The van der Waals surface area contributed by atoms with Crippen molar-refractivity contribution >= 4 is 11.8 Å². The third kappa shape index (κ3) is 3.65. The lowest BCUT2D eigenvalue weighted by molar-refractivity contribution is -0.144. The van der Waals surface area contributed by atoms with Crippen LogP contribution in [0.15, 0.2) is 47.8 Å². The first-order valence-electron chi connectivity index (χ1n) is 9.85. The third-order valence-corrected chi connectivity index (χ3v) is 5.84. The van der Waals surface area contributed by atoms with Crippen molar-refractivity contribution < 1.29 is 14.3 Å². The average Bonchev–Trinajstić information content (AvgIpc) is 2.58. The molecule has 2 unspecified atom stereocenters. The minimum Gasteiger partial charge on any atom is -0.468 e. The number of Topliss-reactive ketones (excluding diaryl/α,β-unsaturated/α-hetero) is 1. The van der Waals surface area contributed by atoms with Crippen LogP contribution in [0.3, 0.4) is 0 Å². The number of benzene rings is 1. The van der Waals surface area contributed by atoms with Crippen LogP contribution in [0.1, 0.15) is 64.5 Å². The van der Waals surface area contributed by atoms with Crippen LogP contribution in [0, 0.1) is 11.3 Å². The number of nitrogens with one attached hydrogen (secondary N) is 1. The van der Waals surface area contributed by atoms with E-state index >= 15 is 0 Å². The second kappa shape index (κ2) is 6.91. The zero-order valence-corrected chi connectivity index (χ0v) is 17.8. The minimum atomic E-state index is -0.616.